The van der Waals surface area contributed by atoms with Gasteiger partial charge in [0.1, 0.15) is 35.2 Å². The summed E-state index contributed by atoms with van der Waals surface area (Å²) in [5, 5.41) is 9.52. The number of hydrogen-bond acceptors (Lipinski definition) is 11. The largest absolute Gasteiger partial charge is 0.497 e. The zero-order chi connectivity index (χ0) is 45.4. The Kier molecular flexibility index (Phi) is 13.0. The Balaban J connectivity index is 1.25. The fraction of sp³-hybridized carbons (Fsp3) is 0.565. The van der Waals surface area contributed by atoms with E-state index in [0.29, 0.717) is 54.0 Å². The number of ether oxygens (including phenoxy) is 3. The lowest BCUT2D eigenvalue weighted by molar-refractivity contribution is -0.142. The number of hydrogen-bond donors (Lipinski definition) is 4. The van der Waals surface area contributed by atoms with Crippen LogP contribution in [0.3, 0.4) is 0 Å². The quantitative estimate of drug-likeness (QED) is 0.190. The van der Waals surface area contributed by atoms with Crippen LogP contribution in [0.1, 0.15) is 93.4 Å². The van der Waals surface area contributed by atoms with E-state index in [0.717, 1.165) is 11.8 Å². The van der Waals surface area contributed by atoms with Crippen molar-refractivity contribution < 1.29 is 41.8 Å². The van der Waals surface area contributed by atoms with Crippen LogP contribution in [0.4, 0.5) is 4.79 Å². The summed E-state index contributed by atoms with van der Waals surface area (Å²) >= 11 is 0. The van der Waals surface area contributed by atoms with Gasteiger partial charge in [-0.25, -0.2) is 18.2 Å². The second-order valence-electron chi connectivity index (χ2n) is 19.0. The highest BCUT2D eigenvalue weighted by Gasteiger charge is 2.62. The molecule has 4 heterocycles. The molecule has 16 nitrogen and oxygen atoms in total. The van der Waals surface area contributed by atoms with Gasteiger partial charge >= 0.3 is 6.03 Å². The highest BCUT2D eigenvalue weighted by Crippen LogP contribution is 2.46. The molecule has 340 valence electrons. The number of aromatic nitrogens is 2. The van der Waals surface area contributed by atoms with Gasteiger partial charge in [-0.2, -0.15) is 0 Å². The minimum Gasteiger partial charge on any atom is -0.497 e. The fourth-order valence-electron chi connectivity index (χ4n) is 8.60. The van der Waals surface area contributed by atoms with Gasteiger partial charge in [-0.1, -0.05) is 26.0 Å². The summed E-state index contributed by atoms with van der Waals surface area (Å²) in [6, 6.07) is 8.26. The zero-order valence-corrected chi connectivity index (χ0v) is 38.2. The maximum absolute atomic E-state index is 15.0. The van der Waals surface area contributed by atoms with E-state index in [-0.39, 0.29) is 43.2 Å². The number of pyridine rings is 2. The molecule has 7 rings (SSSR count). The van der Waals surface area contributed by atoms with E-state index in [4.69, 9.17) is 19.2 Å². The second-order valence-corrected chi connectivity index (χ2v) is 21.0. The van der Waals surface area contributed by atoms with Gasteiger partial charge in [0, 0.05) is 23.3 Å². The molecule has 1 aromatic carbocycles. The number of rotatable bonds is 10. The smallest absolute Gasteiger partial charge is 0.315 e. The number of fused-ring (bicyclic) bond motifs is 3. The van der Waals surface area contributed by atoms with E-state index in [1.54, 1.807) is 25.4 Å². The van der Waals surface area contributed by atoms with Crippen molar-refractivity contribution in [1.29, 1.82) is 0 Å². The fourth-order valence-corrected chi connectivity index (χ4v) is 9.96. The zero-order valence-electron chi connectivity index (χ0n) is 37.4. The lowest BCUT2D eigenvalue weighted by atomic mass is 9.88. The van der Waals surface area contributed by atoms with Gasteiger partial charge < -0.3 is 35.1 Å². The molecule has 4 aliphatic rings. The van der Waals surface area contributed by atoms with Crippen molar-refractivity contribution in [2.24, 2.45) is 17.8 Å². The first kappa shape index (κ1) is 45.6. The van der Waals surface area contributed by atoms with Gasteiger partial charge in [0.25, 0.3) is 5.91 Å². The molecule has 0 radical (unpaired) electrons. The van der Waals surface area contributed by atoms with Crippen LogP contribution in [0, 0.1) is 17.8 Å². The van der Waals surface area contributed by atoms with Crippen molar-refractivity contribution in [2.45, 2.75) is 134 Å². The maximum atomic E-state index is 15.0. The number of carbonyl (C=O) groups excluding carboxylic acids is 4. The molecule has 3 aromatic rings. The standard InChI is InChI=1S/C46H61N7O9S/c1-26(2)61-32-14-18-36(47-24-32)37-21-29-20-31(60-8)13-17-35(29)41(48-37)62-33-22-38-40(54)50-46(43(56)52-63(58,59)34-15-16-34)23-30(46)12-10-9-11-27(3)19-28(4)39(42(55)53(38)25-33)49-44(57)51-45(5,6)7/h10,12-14,17-18,20-21,24,26-28,30,33-34,38-39H,9,11,15-16,19,22-23,25H2,1-8H3,(H,50,54)(H,52,56)(H2,49,51,57)/t27-,28+,30+,33+,38-,39-,46+/m0/s1. The molecule has 4 N–H and O–H groups in total. The summed E-state index contributed by atoms with van der Waals surface area (Å²) in [6.45, 7) is 13.3. The highest BCUT2D eigenvalue weighted by atomic mass is 32.2. The Bertz CT molecular complexity index is 2360. The number of carbonyl (C=O) groups is 4. The van der Waals surface area contributed by atoms with Crippen molar-refractivity contribution in [3.05, 3.63) is 54.7 Å². The van der Waals surface area contributed by atoms with Gasteiger partial charge in [-0.3, -0.25) is 24.1 Å². The summed E-state index contributed by atoms with van der Waals surface area (Å²) in [5.41, 5.74) is -1.08. The van der Waals surface area contributed by atoms with E-state index in [2.05, 4.69) is 32.6 Å². The summed E-state index contributed by atoms with van der Waals surface area (Å²) in [5.74, 6) is -1.11. The number of nitrogens with zero attached hydrogens (tertiary/aromatic N) is 3. The van der Waals surface area contributed by atoms with Crippen LogP contribution in [-0.2, 0) is 24.4 Å². The molecule has 0 spiro atoms. The van der Waals surface area contributed by atoms with Crippen molar-refractivity contribution in [1.82, 2.24) is 35.5 Å². The van der Waals surface area contributed by atoms with E-state index in [1.165, 1.54) is 4.90 Å². The normalized spacial score (nSPS) is 26.7. The first-order valence-electron chi connectivity index (χ1n) is 22.0. The Hall–Kier alpha value is -5.45. The first-order valence-corrected chi connectivity index (χ1v) is 23.5. The molecule has 5 amide bonds. The van der Waals surface area contributed by atoms with Crippen molar-refractivity contribution in [3.63, 3.8) is 0 Å². The Morgan fingerprint density at radius 2 is 1.75 bits per heavy atom. The summed E-state index contributed by atoms with van der Waals surface area (Å²) in [7, 11) is -2.35. The molecule has 2 aromatic heterocycles. The van der Waals surface area contributed by atoms with E-state index in [1.807, 2.05) is 78.0 Å². The second kappa shape index (κ2) is 18.0. The van der Waals surface area contributed by atoms with Crippen LogP contribution in [0.15, 0.2) is 54.7 Å². The van der Waals surface area contributed by atoms with E-state index in [9.17, 15) is 22.8 Å². The summed E-state index contributed by atoms with van der Waals surface area (Å²) < 4.78 is 46.3. The Morgan fingerprint density at radius 3 is 2.41 bits per heavy atom. The molecule has 2 aliphatic heterocycles. The van der Waals surface area contributed by atoms with Gasteiger partial charge in [0.05, 0.1) is 42.6 Å². The predicted molar refractivity (Wildman–Crippen MR) is 237 cm³/mol. The number of nitrogens with one attached hydrogen (secondary N) is 4. The first-order chi connectivity index (χ1) is 29.7. The third kappa shape index (κ3) is 10.7. The monoisotopic (exact) mass is 887 g/mol. The number of methoxy groups -OCH3 is 1. The molecule has 63 heavy (non-hydrogen) atoms. The average molecular weight is 888 g/mol. The average Bonchev–Trinajstić information content (AvgIpc) is 4.14. The molecular formula is C46H61N7O9S. The Labute approximate surface area is 369 Å². The van der Waals surface area contributed by atoms with Crippen LogP contribution in [-0.4, -0.2) is 101 Å². The lowest BCUT2D eigenvalue weighted by Gasteiger charge is -2.33. The third-order valence-electron chi connectivity index (χ3n) is 12.0. The van der Waals surface area contributed by atoms with E-state index < -0.39 is 74.2 Å². The Morgan fingerprint density at radius 1 is 1.00 bits per heavy atom. The SMILES string of the molecule is COc1ccc2c(O[C@@H]3C[C@H]4C(=O)N[C@]5(C(=O)NS(=O)(=O)C6CC6)C[C@H]5C=CCC[C@H](C)C[C@@H](C)[C@H](NC(=O)NC(C)(C)C)C(=O)N4C3)nc(-c3ccc(OC(C)C)cn3)cc2c1. The van der Waals surface area contributed by atoms with Crippen molar-refractivity contribution in [2.75, 3.05) is 13.7 Å². The molecule has 2 saturated carbocycles. The molecule has 1 saturated heterocycles. The van der Waals surface area contributed by atoms with Crippen LogP contribution in [0.5, 0.6) is 17.4 Å². The number of benzene rings is 1. The van der Waals surface area contributed by atoms with E-state index >= 15 is 4.79 Å². The molecular weight excluding hydrogens is 827 g/mol. The van der Waals surface area contributed by atoms with Crippen molar-refractivity contribution >= 4 is 44.5 Å². The third-order valence-corrected chi connectivity index (χ3v) is 13.9. The van der Waals surface area contributed by atoms with Crippen LogP contribution in [0.2, 0.25) is 0 Å². The van der Waals surface area contributed by atoms with Gasteiger partial charge in [0.15, 0.2) is 0 Å². The predicted octanol–water partition coefficient (Wildman–Crippen LogP) is 5.40. The minimum absolute atomic E-state index is 0.00485. The molecule has 0 bridgehead atoms. The topological polar surface area (TPSA) is 207 Å². The molecule has 0 unspecified atom stereocenters. The minimum atomic E-state index is -3.93. The lowest BCUT2D eigenvalue weighted by Crippen LogP contribution is -2.60. The van der Waals surface area contributed by atoms with Crippen molar-refractivity contribution in [3.8, 4) is 28.8 Å². The molecule has 17 heteroatoms. The maximum Gasteiger partial charge on any atom is 0.315 e. The van der Waals surface area contributed by atoms with Gasteiger partial charge in [-0.05, 0) is 127 Å². The van der Waals surface area contributed by atoms with Crippen LogP contribution < -0.4 is 34.9 Å². The van der Waals surface area contributed by atoms with Gasteiger partial charge in [-0.15, -0.1) is 0 Å². The van der Waals surface area contributed by atoms with Gasteiger partial charge in [0.2, 0.25) is 27.7 Å². The number of amides is 5. The molecule has 7 atom stereocenters. The van der Waals surface area contributed by atoms with Crippen LogP contribution >= 0.6 is 0 Å². The number of allylic oxidation sites excluding steroid dienone is 1. The molecule has 3 fully saturated rings. The van der Waals surface area contributed by atoms with Crippen LogP contribution in [0.25, 0.3) is 22.2 Å². The summed E-state index contributed by atoms with van der Waals surface area (Å²) in [6.07, 6.45) is 7.82. The number of urea groups is 1. The highest BCUT2D eigenvalue weighted by molar-refractivity contribution is 7.91. The molecule has 2 aliphatic carbocycles. The summed E-state index contributed by atoms with van der Waals surface area (Å²) in [4.78, 5) is 68.2. The number of sulfonamides is 1.